The summed E-state index contributed by atoms with van der Waals surface area (Å²) in [7, 11) is 1.68. The topological polar surface area (TPSA) is 47.7 Å². The molecule has 0 spiro atoms. The van der Waals surface area contributed by atoms with Crippen LogP contribution in [0.1, 0.15) is 31.2 Å². The lowest BCUT2D eigenvalue weighted by atomic mass is 9.90. The zero-order valence-corrected chi connectivity index (χ0v) is 12.2. The maximum atomic E-state index is 5.95. The van der Waals surface area contributed by atoms with Gasteiger partial charge in [-0.2, -0.15) is 0 Å². The zero-order valence-electron chi connectivity index (χ0n) is 12.2. The van der Waals surface area contributed by atoms with Crippen LogP contribution in [0.2, 0.25) is 0 Å². The van der Waals surface area contributed by atoms with Gasteiger partial charge >= 0.3 is 0 Å². The Hall–Kier alpha value is -1.26. The molecular formula is C16H24N2O2. The second kappa shape index (κ2) is 6.02. The number of nitrogen functional groups attached to an aromatic ring is 1. The molecule has 1 saturated heterocycles. The minimum atomic E-state index is 0.431. The highest BCUT2D eigenvalue weighted by atomic mass is 16.5. The second-order valence-corrected chi connectivity index (χ2v) is 5.85. The first kappa shape index (κ1) is 13.7. The van der Waals surface area contributed by atoms with Crippen molar-refractivity contribution in [1.82, 2.24) is 4.90 Å². The summed E-state index contributed by atoms with van der Waals surface area (Å²) in [6, 6.07) is 6.58. The maximum Gasteiger partial charge on any atom is 0.121 e. The van der Waals surface area contributed by atoms with Crippen LogP contribution >= 0.6 is 0 Å². The van der Waals surface area contributed by atoms with Gasteiger partial charge in [-0.25, -0.2) is 0 Å². The number of anilines is 1. The fraction of sp³-hybridized carbons (Fsp3) is 0.625. The minimum absolute atomic E-state index is 0.431. The van der Waals surface area contributed by atoms with Gasteiger partial charge in [0, 0.05) is 30.9 Å². The average Bonchev–Trinajstić information content (AvgIpc) is 2.47. The van der Waals surface area contributed by atoms with Gasteiger partial charge < -0.3 is 15.2 Å². The molecule has 0 aromatic heterocycles. The van der Waals surface area contributed by atoms with Crippen LogP contribution in [0.15, 0.2) is 18.2 Å². The predicted octanol–water partition coefficient (Wildman–Crippen LogP) is 2.42. The van der Waals surface area contributed by atoms with Crippen LogP contribution in [-0.4, -0.2) is 37.3 Å². The lowest BCUT2D eigenvalue weighted by molar-refractivity contribution is -0.0911. The van der Waals surface area contributed by atoms with Crippen LogP contribution < -0.4 is 10.5 Å². The van der Waals surface area contributed by atoms with Gasteiger partial charge in [-0.3, -0.25) is 4.90 Å². The third-order valence-corrected chi connectivity index (χ3v) is 4.46. The Bertz CT molecular complexity index is 462. The largest absolute Gasteiger partial charge is 0.497 e. The molecule has 2 fully saturated rings. The molecule has 4 heteroatoms. The Labute approximate surface area is 120 Å². The molecule has 1 heterocycles. The van der Waals surface area contributed by atoms with Crippen LogP contribution in [0.5, 0.6) is 5.75 Å². The molecule has 4 nitrogen and oxygen atoms in total. The number of nitrogens with zero attached hydrogens (tertiary/aromatic N) is 1. The van der Waals surface area contributed by atoms with Crippen molar-refractivity contribution in [1.29, 1.82) is 0 Å². The first-order chi connectivity index (χ1) is 9.76. The molecule has 2 unspecified atom stereocenters. The molecule has 20 heavy (non-hydrogen) atoms. The summed E-state index contributed by atoms with van der Waals surface area (Å²) in [5.41, 5.74) is 7.95. The Morgan fingerprint density at radius 3 is 3.00 bits per heavy atom. The molecule has 2 N–H and O–H groups in total. The molecule has 2 atom stereocenters. The number of nitrogens with two attached hydrogens (primary N) is 1. The van der Waals surface area contributed by atoms with E-state index in [2.05, 4.69) is 17.0 Å². The highest BCUT2D eigenvalue weighted by molar-refractivity contribution is 5.47. The van der Waals surface area contributed by atoms with E-state index in [1.54, 1.807) is 7.11 Å². The van der Waals surface area contributed by atoms with E-state index >= 15 is 0 Å². The van der Waals surface area contributed by atoms with Crippen molar-refractivity contribution in [2.75, 3.05) is 26.0 Å². The summed E-state index contributed by atoms with van der Waals surface area (Å²) in [5, 5.41) is 0. The number of ether oxygens (including phenoxy) is 2. The fourth-order valence-corrected chi connectivity index (χ4v) is 3.50. The van der Waals surface area contributed by atoms with Crippen molar-refractivity contribution in [3.05, 3.63) is 23.8 Å². The number of fused-ring (bicyclic) bond motifs is 1. The van der Waals surface area contributed by atoms with Crippen LogP contribution in [0.25, 0.3) is 0 Å². The van der Waals surface area contributed by atoms with Gasteiger partial charge in [0.1, 0.15) is 5.75 Å². The molecule has 1 aromatic carbocycles. The number of hydrogen-bond donors (Lipinski definition) is 1. The van der Waals surface area contributed by atoms with Gasteiger partial charge in [-0.1, -0.05) is 12.8 Å². The molecule has 1 aliphatic carbocycles. The van der Waals surface area contributed by atoms with Gasteiger partial charge in [0.05, 0.1) is 19.8 Å². The average molecular weight is 276 g/mol. The summed E-state index contributed by atoms with van der Waals surface area (Å²) < 4.78 is 11.2. The van der Waals surface area contributed by atoms with Crippen molar-refractivity contribution >= 4 is 5.69 Å². The van der Waals surface area contributed by atoms with Gasteiger partial charge in [-0.05, 0) is 30.5 Å². The predicted molar refractivity (Wildman–Crippen MR) is 79.8 cm³/mol. The molecule has 3 rings (SSSR count). The van der Waals surface area contributed by atoms with Crippen LogP contribution in [0, 0.1) is 0 Å². The van der Waals surface area contributed by atoms with Crippen LogP contribution in [0.4, 0.5) is 5.69 Å². The fourth-order valence-electron chi connectivity index (χ4n) is 3.50. The zero-order chi connectivity index (χ0) is 13.9. The van der Waals surface area contributed by atoms with E-state index in [1.807, 2.05) is 6.07 Å². The summed E-state index contributed by atoms with van der Waals surface area (Å²) >= 11 is 0. The Kier molecular flexibility index (Phi) is 4.13. The number of morpholine rings is 1. The van der Waals surface area contributed by atoms with Gasteiger partial charge in [0.25, 0.3) is 0 Å². The molecule has 1 aromatic rings. The molecule has 0 radical (unpaired) electrons. The third-order valence-electron chi connectivity index (χ3n) is 4.46. The monoisotopic (exact) mass is 276 g/mol. The Morgan fingerprint density at radius 2 is 2.15 bits per heavy atom. The highest BCUT2D eigenvalue weighted by Crippen LogP contribution is 2.30. The first-order valence-corrected chi connectivity index (χ1v) is 7.55. The Balaban J connectivity index is 1.74. The van der Waals surface area contributed by atoms with Crippen LogP contribution in [0.3, 0.4) is 0 Å². The highest BCUT2D eigenvalue weighted by Gasteiger charge is 2.33. The molecule has 2 aliphatic rings. The molecule has 0 amide bonds. The second-order valence-electron chi connectivity index (χ2n) is 5.85. The standard InChI is InChI=1S/C16H24N2O2/c1-19-14-9-12(8-13(17)10-14)11-18-6-7-20-16-5-3-2-4-15(16)18/h8-10,15-16H,2-7,11,17H2,1H3. The van der Waals surface area contributed by atoms with E-state index in [-0.39, 0.29) is 0 Å². The molecule has 110 valence electrons. The van der Waals surface area contributed by atoms with E-state index in [1.165, 1.54) is 31.2 Å². The minimum Gasteiger partial charge on any atom is -0.497 e. The molecular weight excluding hydrogens is 252 g/mol. The molecule has 1 saturated carbocycles. The van der Waals surface area contributed by atoms with Crippen molar-refractivity contribution in [3.8, 4) is 5.75 Å². The van der Waals surface area contributed by atoms with Gasteiger partial charge in [0.2, 0.25) is 0 Å². The van der Waals surface area contributed by atoms with E-state index in [0.29, 0.717) is 12.1 Å². The van der Waals surface area contributed by atoms with E-state index < -0.39 is 0 Å². The van der Waals surface area contributed by atoms with Crippen molar-refractivity contribution < 1.29 is 9.47 Å². The molecule has 1 aliphatic heterocycles. The SMILES string of the molecule is COc1cc(N)cc(CN2CCOC3CCCCC32)c1. The van der Waals surface area contributed by atoms with Crippen molar-refractivity contribution in [2.24, 2.45) is 0 Å². The summed E-state index contributed by atoms with van der Waals surface area (Å²) in [4.78, 5) is 2.56. The molecule has 0 bridgehead atoms. The quantitative estimate of drug-likeness (QED) is 0.861. The lowest BCUT2D eigenvalue weighted by Crippen LogP contribution is -2.52. The number of methoxy groups -OCH3 is 1. The summed E-state index contributed by atoms with van der Waals surface area (Å²) in [6.07, 6.45) is 5.52. The maximum absolute atomic E-state index is 5.95. The number of hydrogen-bond acceptors (Lipinski definition) is 4. The number of benzene rings is 1. The third kappa shape index (κ3) is 2.91. The summed E-state index contributed by atoms with van der Waals surface area (Å²) in [5.74, 6) is 0.841. The number of rotatable bonds is 3. The van der Waals surface area contributed by atoms with E-state index in [0.717, 1.165) is 31.1 Å². The van der Waals surface area contributed by atoms with Crippen molar-refractivity contribution in [3.63, 3.8) is 0 Å². The van der Waals surface area contributed by atoms with E-state index in [4.69, 9.17) is 15.2 Å². The van der Waals surface area contributed by atoms with E-state index in [9.17, 15) is 0 Å². The van der Waals surface area contributed by atoms with Crippen LogP contribution in [-0.2, 0) is 11.3 Å². The first-order valence-electron chi connectivity index (χ1n) is 7.55. The summed E-state index contributed by atoms with van der Waals surface area (Å²) in [6.45, 7) is 2.80. The smallest absolute Gasteiger partial charge is 0.121 e. The Morgan fingerprint density at radius 1 is 1.30 bits per heavy atom. The lowest BCUT2D eigenvalue weighted by Gasteiger charge is -2.43. The van der Waals surface area contributed by atoms with Crippen molar-refractivity contribution in [2.45, 2.75) is 44.4 Å². The van der Waals surface area contributed by atoms with Gasteiger partial charge in [-0.15, -0.1) is 0 Å². The van der Waals surface area contributed by atoms with Gasteiger partial charge in [0.15, 0.2) is 0 Å². The normalized spacial score (nSPS) is 27.1.